The number of amides is 1. The highest BCUT2D eigenvalue weighted by atomic mass is 19.4. The summed E-state index contributed by atoms with van der Waals surface area (Å²) in [5.74, 6) is 0.250. The van der Waals surface area contributed by atoms with Gasteiger partial charge in [-0.1, -0.05) is 50.2 Å². The molecule has 1 amide bonds. The van der Waals surface area contributed by atoms with Crippen LogP contribution >= 0.6 is 0 Å². The highest BCUT2D eigenvalue weighted by molar-refractivity contribution is 5.84. The topological polar surface area (TPSA) is 50.7 Å². The van der Waals surface area contributed by atoms with Gasteiger partial charge in [-0.25, -0.2) is 5.43 Å². The number of halogens is 3. The Morgan fingerprint density at radius 3 is 2.50 bits per heavy atom. The Morgan fingerprint density at radius 1 is 1.15 bits per heavy atom. The molecule has 0 saturated heterocycles. The number of para-hydroxylation sites is 1. The van der Waals surface area contributed by atoms with Crippen molar-refractivity contribution < 1.29 is 22.7 Å². The van der Waals surface area contributed by atoms with Gasteiger partial charge in [0.15, 0.2) is 6.61 Å². The lowest BCUT2D eigenvalue weighted by Gasteiger charge is -2.13. The second-order valence-electron chi connectivity index (χ2n) is 5.86. The molecule has 0 radical (unpaired) electrons. The lowest BCUT2D eigenvalue weighted by Crippen LogP contribution is -2.25. The van der Waals surface area contributed by atoms with E-state index < -0.39 is 17.6 Å². The van der Waals surface area contributed by atoms with Gasteiger partial charge in [-0.15, -0.1) is 0 Å². The minimum atomic E-state index is -4.49. The Labute approximate surface area is 149 Å². The number of carbonyl (C=O) groups is 1. The molecule has 0 heterocycles. The Balaban J connectivity index is 1.95. The average Bonchev–Trinajstić information content (AvgIpc) is 2.59. The van der Waals surface area contributed by atoms with E-state index in [0.29, 0.717) is 5.75 Å². The molecule has 0 spiro atoms. The Bertz CT molecular complexity index is 786. The van der Waals surface area contributed by atoms with Crippen LogP contribution in [0.15, 0.2) is 53.6 Å². The standard InChI is InChI=1S/C19H19F3N2O2/c1-13(2)15-8-4-6-10-17(15)26-12-18(25)24-23-11-14-7-3-5-9-16(14)19(20,21)22/h3-11,13H,12H2,1-2H3,(H,24,25)/b23-11+. The fourth-order valence-electron chi connectivity index (χ4n) is 2.31. The first-order valence-corrected chi connectivity index (χ1v) is 7.99. The maximum Gasteiger partial charge on any atom is 0.417 e. The number of benzene rings is 2. The lowest BCUT2D eigenvalue weighted by molar-refractivity contribution is -0.137. The molecule has 2 aromatic rings. The molecule has 0 aliphatic rings. The fraction of sp³-hybridized carbons (Fsp3) is 0.263. The first-order valence-electron chi connectivity index (χ1n) is 7.99. The third-order valence-corrected chi connectivity index (χ3v) is 3.56. The summed E-state index contributed by atoms with van der Waals surface area (Å²) in [6, 6.07) is 12.3. The van der Waals surface area contributed by atoms with Crippen molar-refractivity contribution in [3.63, 3.8) is 0 Å². The van der Waals surface area contributed by atoms with Crippen LogP contribution in [-0.2, 0) is 11.0 Å². The maximum atomic E-state index is 12.9. The molecule has 26 heavy (non-hydrogen) atoms. The van der Waals surface area contributed by atoms with Gasteiger partial charge in [0.2, 0.25) is 0 Å². The smallest absolute Gasteiger partial charge is 0.417 e. The molecule has 4 nitrogen and oxygen atoms in total. The molecule has 0 atom stereocenters. The van der Waals surface area contributed by atoms with Crippen molar-refractivity contribution in [3.05, 3.63) is 65.2 Å². The summed E-state index contributed by atoms with van der Waals surface area (Å²) in [5.41, 5.74) is 2.18. The number of nitrogens with zero attached hydrogens (tertiary/aromatic N) is 1. The summed E-state index contributed by atoms with van der Waals surface area (Å²) in [6.07, 6.45) is -3.53. The van der Waals surface area contributed by atoms with Gasteiger partial charge in [-0.3, -0.25) is 4.79 Å². The van der Waals surface area contributed by atoms with Crippen molar-refractivity contribution in [2.24, 2.45) is 5.10 Å². The zero-order valence-corrected chi connectivity index (χ0v) is 14.4. The lowest BCUT2D eigenvalue weighted by atomic mass is 10.0. The van der Waals surface area contributed by atoms with E-state index >= 15 is 0 Å². The first kappa shape index (κ1) is 19.5. The van der Waals surface area contributed by atoms with Crippen molar-refractivity contribution in [1.29, 1.82) is 0 Å². The average molecular weight is 364 g/mol. The Morgan fingerprint density at radius 2 is 1.81 bits per heavy atom. The normalized spacial score (nSPS) is 11.8. The highest BCUT2D eigenvalue weighted by Crippen LogP contribution is 2.31. The summed E-state index contributed by atoms with van der Waals surface area (Å²) in [6.45, 7) is 3.72. The van der Waals surface area contributed by atoms with Crippen molar-refractivity contribution in [2.75, 3.05) is 6.61 Å². The van der Waals surface area contributed by atoms with E-state index in [4.69, 9.17) is 4.74 Å². The predicted molar refractivity (Wildman–Crippen MR) is 93.2 cm³/mol. The Hall–Kier alpha value is -2.83. The number of nitrogens with one attached hydrogen (secondary N) is 1. The second-order valence-corrected chi connectivity index (χ2v) is 5.86. The molecular weight excluding hydrogens is 345 g/mol. The van der Waals surface area contributed by atoms with Crippen molar-refractivity contribution in [3.8, 4) is 5.75 Å². The molecule has 2 rings (SSSR count). The third kappa shape index (κ3) is 5.34. The molecule has 0 aromatic heterocycles. The van der Waals surface area contributed by atoms with E-state index in [-0.39, 0.29) is 18.1 Å². The van der Waals surface area contributed by atoms with Crippen LogP contribution in [0.2, 0.25) is 0 Å². The molecule has 1 N–H and O–H groups in total. The molecule has 0 bridgehead atoms. The molecule has 2 aromatic carbocycles. The van der Waals surface area contributed by atoms with Gasteiger partial charge < -0.3 is 4.74 Å². The highest BCUT2D eigenvalue weighted by Gasteiger charge is 2.32. The van der Waals surface area contributed by atoms with Crippen LogP contribution < -0.4 is 10.2 Å². The molecule has 0 aliphatic carbocycles. The molecule has 0 aliphatic heterocycles. The maximum absolute atomic E-state index is 12.9. The number of hydrazone groups is 1. The van der Waals surface area contributed by atoms with Crippen molar-refractivity contribution >= 4 is 12.1 Å². The molecule has 0 unspecified atom stereocenters. The van der Waals surface area contributed by atoms with Gasteiger partial charge in [0.25, 0.3) is 5.91 Å². The van der Waals surface area contributed by atoms with Gasteiger partial charge in [0, 0.05) is 5.56 Å². The van der Waals surface area contributed by atoms with Crippen LogP contribution in [0.5, 0.6) is 5.75 Å². The van der Waals surface area contributed by atoms with E-state index in [0.717, 1.165) is 17.8 Å². The van der Waals surface area contributed by atoms with E-state index in [9.17, 15) is 18.0 Å². The van der Waals surface area contributed by atoms with Crippen LogP contribution in [0.25, 0.3) is 0 Å². The zero-order valence-electron chi connectivity index (χ0n) is 14.4. The third-order valence-electron chi connectivity index (χ3n) is 3.56. The largest absolute Gasteiger partial charge is 0.483 e. The van der Waals surface area contributed by atoms with Crippen LogP contribution in [0.3, 0.4) is 0 Å². The van der Waals surface area contributed by atoms with E-state index in [1.165, 1.54) is 18.2 Å². The predicted octanol–water partition coefficient (Wildman–Crippen LogP) is 4.36. The molecule has 7 heteroatoms. The molecular formula is C19H19F3N2O2. The van der Waals surface area contributed by atoms with Gasteiger partial charge in [-0.2, -0.15) is 18.3 Å². The number of hydrogen-bond acceptors (Lipinski definition) is 3. The van der Waals surface area contributed by atoms with Crippen molar-refractivity contribution in [1.82, 2.24) is 5.43 Å². The number of carbonyl (C=O) groups excluding carboxylic acids is 1. The van der Waals surface area contributed by atoms with Crippen LogP contribution in [0, 0.1) is 0 Å². The van der Waals surface area contributed by atoms with Gasteiger partial charge in [0.05, 0.1) is 11.8 Å². The quantitative estimate of drug-likeness (QED) is 0.612. The number of rotatable bonds is 6. The summed E-state index contributed by atoms with van der Waals surface area (Å²) in [4.78, 5) is 11.8. The monoisotopic (exact) mass is 364 g/mol. The van der Waals surface area contributed by atoms with Gasteiger partial charge in [0.1, 0.15) is 5.75 Å². The van der Waals surface area contributed by atoms with Crippen molar-refractivity contribution in [2.45, 2.75) is 25.9 Å². The molecule has 0 saturated carbocycles. The summed E-state index contributed by atoms with van der Waals surface area (Å²) >= 11 is 0. The first-order chi connectivity index (χ1) is 12.3. The molecule has 0 fully saturated rings. The van der Waals surface area contributed by atoms with Gasteiger partial charge in [-0.05, 0) is 23.6 Å². The number of ether oxygens (including phenoxy) is 1. The Kier molecular flexibility index (Phi) is 6.38. The summed E-state index contributed by atoms with van der Waals surface area (Å²) in [5, 5.41) is 3.58. The summed E-state index contributed by atoms with van der Waals surface area (Å²) < 4.78 is 44.1. The van der Waals surface area contributed by atoms with Gasteiger partial charge >= 0.3 is 6.18 Å². The minimum absolute atomic E-state index is 0.133. The summed E-state index contributed by atoms with van der Waals surface area (Å²) in [7, 11) is 0. The van der Waals surface area contributed by atoms with E-state index in [1.807, 2.05) is 26.0 Å². The van der Waals surface area contributed by atoms with Crippen LogP contribution in [-0.4, -0.2) is 18.7 Å². The van der Waals surface area contributed by atoms with Crippen LogP contribution in [0.1, 0.15) is 36.5 Å². The minimum Gasteiger partial charge on any atom is -0.483 e. The number of hydrogen-bond donors (Lipinski definition) is 1. The number of alkyl halides is 3. The second kappa shape index (κ2) is 8.51. The van der Waals surface area contributed by atoms with E-state index in [2.05, 4.69) is 10.5 Å². The fourth-order valence-corrected chi connectivity index (χ4v) is 2.31. The SMILES string of the molecule is CC(C)c1ccccc1OCC(=O)N/N=C/c1ccccc1C(F)(F)F. The van der Waals surface area contributed by atoms with E-state index in [1.54, 1.807) is 12.1 Å². The van der Waals surface area contributed by atoms with Crippen LogP contribution in [0.4, 0.5) is 13.2 Å². The molecule has 138 valence electrons. The zero-order chi connectivity index (χ0) is 19.2.